The minimum absolute atomic E-state index is 0.127. The zero-order valence-corrected chi connectivity index (χ0v) is 14.4. The number of carbonyl (C=O) groups excluding carboxylic acids is 1. The summed E-state index contributed by atoms with van der Waals surface area (Å²) in [5.74, 6) is 0.133. The Hall–Kier alpha value is -1.43. The third-order valence-corrected chi connectivity index (χ3v) is 5.07. The molecule has 0 aliphatic carbocycles. The van der Waals surface area contributed by atoms with E-state index in [0.29, 0.717) is 25.5 Å². The number of benzene rings is 1. The number of rotatable bonds is 6. The van der Waals surface area contributed by atoms with Crippen LogP contribution in [0.15, 0.2) is 24.3 Å². The number of ether oxygens (including phenoxy) is 1. The Labute approximate surface area is 144 Å². The number of aliphatic hydroxyl groups excluding tert-OH is 1. The van der Waals surface area contributed by atoms with E-state index in [1.165, 1.54) is 11.1 Å². The molecule has 2 heterocycles. The van der Waals surface area contributed by atoms with E-state index in [-0.39, 0.29) is 24.7 Å². The quantitative estimate of drug-likeness (QED) is 0.823. The number of fused-ring (bicyclic) bond motifs is 1. The number of carbonyl (C=O) groups is 1. The normalized spacial score (nSPS) is 27.0. The molecule has 0 unspecified atom stereocenters. The fourth-order valence-electron chi connectivity index (χ4n) is 3.68. The Bertz CT molecular complexity index is 546. The van der Waals surface area contributed by atoms with Gasteiger partial charge in [-0.15, -0.1) is 0 Å². The molecule has 1 aromatic carbocycles. The molecule has 2 aliphatic heterocycles. The Kier molecular flexibility index (Phi) is 5.87. The number of morpholine rings is 1. The van der Waals surface area contributed by atoms with Gasteiger partial charge in [-0.2, -0.15) is 0 Å². The van der Waals surface area contributed by atoms with Crippen molar-refractivity contribution in [1.82, 2.24) is 10.2 Å². The smallest absolute Gasteiger partial charge is 0.220 e. The van der Waals surface area contributed by atoms with Gasteiger partial charge < -0.3 is 15.2 Å². The fraction of sp³-hybridized carbons (Fsp3) is 0.632. The van der Waals surface area contributed by atoms with Gasteiger partial charge in [0.15, 0.2) is 0 Å². The highest BCUT2D eigenvalue weighted by atomic mass is 16.5. The maximum absolute atomic E-state index is 12.2. The highest BCUT2D eigenvalue weighted by Crippen LogP contribution is 2.24. The summed E-state index contributed by atoms with van der Waals surface area (Å²) in [5.41, 5.74) is 2.45. The van der Waals surface area contributed by atoms with E-state index in [1.807, 2.05) is 0 Å². The molecule has 0 radical (unpaired) electrons. The molecule has 0 bridgehead atoms. The van der Waals surface area contributed by atoms with Gasteiger partial charge in [0.25, 0.3) is 0 Å². The summed E-state index contributed by atoms with van der Waals surface area (Å²) in [6, 6.07) is 8.99. The van der Waals surface area contributed by atoms with E-state index in [0.717, 1.165) is 25.9 Å². The van der Waals surface area contributed by atoms with E-state index in [2.05, 4.69) is 41.4 Å². The topological polar surface area (TPSA) is 61.8 Å². The molecule has 0 spiro atoms. The van der Waals surface area contributed by atoms with Crippen LogP contribution in [0, 0.1) is 6.92 Å². The molecule has 2 N–H and O–H groups in total. The summed E-state index contributed by atoms with van der Waals surface area (Å²) < 4.78 is 5.79. The first-order chi connectivity index (χ1) is 11.6. The van der Waals surface area contributed by atoms with Crippen LogP contribution in [0.1, 0.15) is 30.4 Å². The van der Waals surface area contributed by atoms with Crippen LogP contribution in [0.2, 0.25) is 0 Å². The van der Waals surface area contributed by atoms with Gasteiger partial charge in [0, 0.05) is 38.2 Å². The van der Waals surface area contributed by atoms with E-state index in [1.54, 1.807) is 0 Å². The van der Waals surface area contributed by atoms with Crippen molar-refractivity contribution in [3.8, 4) is 0 Å². The molecule has 3 rings (SSSR count). The van der Waals surface area contributed by atoms with Gasteiger partial charge in [0.2, 0.25) is 5.91 Å². The molecule has 0 aromatic heterocycles. The third kappa shape index (κ3) is 4.56. The van der Waals surface area contributed by atoms with Crippen LogP contribution in [-0.2, 0) is 16.0 Å². The van der Waals surface area contributed by atoms with Gasteiger partial charge in [-0.1, -0.05) is 29.8 Å². The van der Waals surface area contributed by atoms with Crippen molar-refractivity contribution in [2.24, 2.45) is 0 Å². The predicted molar refractivity (Wildman–Crippen MR) is 92.9 cm³/mol. The van der Waals surface area contributed by atoms with Gasteiger partial charge in [-0.3, -0.25) is 9.69 Å². The second-order valence-corrected chi connectivity index (χ2v) is 7.06. The van der Waals surface area contributed by atoms with Crippen LogP contribution < -0.4 is 5.32 Å². The fourth-order valence-corrected chi connectivity index (χ4v) is 3.68. The molecule has 0 saturated carbocycles. The van der Waals surface area contributed by atoms with Crippen LogP contribution in [0.4, 0.5) is 0 Å². The summed E-state index contributed by atoms with van der Waals surface area (Å²) in [4.78, 5) is 14.6. The average molecular weight is 332 g/mol. The standard InChI is InChI=1S/C19H28N2O3/c1-14-2-4-15(5-3-14)6-7-19(23)20-16-10-17-13-24-18(8-9-22)12-21(17)11-16/h2-5,16-18,22H,6-13H2,1H3,(H,20,23)/t16-,17-,18-/m0/s1. The first kappa shape index (κ1) is 17.4. The van der Waals surface area contributed by atoms with Gasteiger partial charge in [0.05, 0.1) is 12.7 Å². The molecule has 3 atom stereocenters. The van der Waals surface area contributed by atoms with Gasteiger partial charge in [-0.05, 0) is 31.7 Å². The van der Waals surface area contributed by atoms with Crippen molar-refractivity contribution in [1.29, 1.82) is 0 Å². The van der Waals surface area contributed by atoms with Crippen LogP contribution in [0.25, 0.3) is 0 Å². The SMILES string of the molecule is Cc1ccc(CCC(=O)N[C@H]2C[C@H]3CO[C@@H](CCO)CN3C2)cc1. The Morgan fingerprint density at radius 2 is 2.12 bits per heavy atom. The van der Waals surface area contributed by atoms with Crippen molar-refractivity contribution < 1.29 is 14.6 Å². The number of nitrogens with zero attached hydrogens (tertiary/aromatic N) is 1. The number of amides is 1. The largest absolute Gasteiger partial charge is 0.396 e. The molecule has 2 saturated heterocycles. The minimum Gasteiger partial charge on any atom is -0.396 e. The molecule has 5 nitrogen and oxygen atoms in total. The zero-order chi connectivity index (χ0) is 16.9. The van der Waals surface area contributed by atoms with Gasteiger partial charge in [0.1, 0.15) is 0 Å². The second kappa shape index (κ2) is 8.10. The highest BCUT2D eigenvalue weighted by molar-refractivity contribution is 5.76. The van der Waals surface area contributed by atoms with E-state index in [9.17, 15) is 4.79 Å². The number of hydrogen-bond donors (Lipinski definition) is 2. The molecule has 1 amide bonds. The zero-order valence-electron chi connectivity index (χ0n) is 14.4. The number of aliphatic hydroxyl groups is 1. The maximum Gasteiger partial charge on any atom is 0.220 e. The number of nitrogens with one attached hydrogen (secondary N) is 1. The summed E-state index contributed by atoms with van der Waals surface area (Å²) in [7, 11) is 0. The number of aryl methyl sites for hydroxylation is 2. The highest BCUT2D eigenvalue weighted by Gasteiger charge is 2.37. The summed E-state index contributed by atoms with van der Waals surface area (Å²) in [6.07, 6.45) is 3.10. The second-order valence-electron chi connectivity index (χ2n) is 7.06. The Morgan fingerprint density at radius 1 is 1.33 bits per heavy atom. The molecule has 2 aliphatic rings. The summed E-state index contributed by atoms with van der Waals surface area (Å²) in [5, 5.41) is 12.2. The Morgan fingerprint density at radius 3 is 2.88 bits per heavy atom. The lowest BCUT2D eigenvalue weighted by Crippen LogP contribution is -2.46. The number of hydrogen-bond acceptors (Lipinski definition) is 4. The molecule has 2 fully saturated rings. The molecular formula is C19H28N2O3. The molecule has 5 heteroatoms. The van der Waals surface area contributed by atoms with E-state index in [4.69, 9.17) is 9.84 Å². The summed E-state index contributed by atoms with van der Waals surface area (Å²) >= 11 is 0. The average Bonchev–Trinajstić information content (AvgIpc) is 2.96. The van der Waals surface area contributed by atoms with Gasteiger partial charge in [-0.25, -0.2) is 0 Å². The van der Waals surface area contributed by atoms with Gasteiger partial charge >= 0.3 is 0 Å². The van der Waals surface area contributed by atoms with Crippen LogP contribution in [0.3, 0.4) is 0 Å². The minimum atomic E-state index is 0.127. The van der Waals surface area contributed by atoms with Crippen molar-refractivity contribution in [3.63, 3.8) is 0 Å². The van der Waals surface area contributed by atoms with E-state index < -0.39 is 0 Å². The van der Waals surface area contributed by atoms with Crippen LogP contribution >= 0.6 is 0 Å². The maximum atomic E-state index is 12.2. The van der Waals surface area contributed by atoms with Crippen molar-refractivity contribution in [2.75, 3.05) is 26.3 Å². The molecule has 24 heavy (non-hydrogen) atoms. The molecule has 132 valence electrons. The van der Waals surface area contributed by atoms with Crippen LogP contribution in [0.5, 0.6) is 0 Å². The first-order valence-electron chi connectivity index (χ1n) is 8.95. The molecule has 1 aromatic rings. The predicted octanol–water partition coefficient (Wildman–Crippen LogP) is 1.27. The summed E-state index contributed by atoms with van der Waals surface area (Å²) in [6.45, 7) is 4.70. The van der Waals surface area contributed by atoms with Crippen molar-refractivity contribution >= 4 is 5.91 Å². The van der Waals surface area contributed by atoms with Crippen molar-refractivity contribution in [2.45, 2.75) is 50.8 Å². The molecular weight excluding hydrogens is 304 g/mol. The lowest BCUT2D eigenvalue weighted by Gasteiger charge is -2.34. The monoisotopic (exact) mass is 332 g/mol. The third-order valence-electron chi connectivity index (χ3n) is 5.07. The van der Waals surface area contributed by atoms with E-state index >= 15 is 0 Å². The first-order valence-corrected chi connectivity index (χ1v) is 8.95. The van der Waals surface area contributed by atoms with Crippen LogP contribution in [-0.4, -0.2) is 60.4 Å². The lowest BCUT2D eigenvalue weighted by atomic mass is 10.1. The lowest BCUT2D eigenvalue weighted by molar-refractivity contribution is -0.121. The van der Waals surface area contributed by atoms with Crippen molar-refractivity contribution in [3.05, 3.63) is 35.4 Å². The Balaban J connectivity index is 1.42.